The second-order valence-corrected chi connectivity index (χ2v) is 6.80. The van der Waals surface area contributed by atoms with Crippen LogP contribution in [0.1, 0.15) is 60.3 Å². The first-order valence-electron chi connectivity index (χ1n) is 9.02. The Labute approximate surface area is 154 Å². The van der Waals surface area contributed by atoms with Gasteiger partial charge in [-0.3, -0.25) is 0 Å². The average Bonchev–Trinajstić information content (AvgIpc) is 3.17. The molecule has 2 aromatic carbocycles. The molecule has 3 nitrogen and oxygen atoms in total. The fourth-order valence-electron chi connectivity index (χ4n) is 3.63. The van der Waals surface area contributed by atoms with Crippen molar-refractivity contribution in [3.8, 4) is 0 Å². The van der Waals surface area contributed by atoms with E-state index in [1.54, 1.807) is 12.1 Å². The van der Waals surface area contributed by atoms with Crippen LogP contribution in [0.2, 0.25) is 0 Å². The van der Waals surface area contributed by atoms with Gasteiger partial charge < -0.3 is 10.4 Å². The van der Waals surface area contributed by atoms with Crippen LogP contribution < -0.4 is 15.8 Å². The lowest BCUT2D eigenvalue weighted by Gasteiger charge is -2.16. The first kappa shape index (κ1) is 18.2. The van der Waals surface area contributed by atoms with Crippen molar-refractivity contribution in [2.45, 2.75) is 38.8 Å². The number of carboxylic acids is 1. The maximum atomic E-state index is 11.0. The molecule has 0 radical (unpaired) electrons. The molecule has 0 aromatic heterocycles. The Kier molecular flexibility index (Phi) is 5.38. The van der Waals surface area contributed by atoms with Crippen molar-refractivity contribution in [1.29, 1.82) is 0 Å². The van der Waals surface area contributed by atoms with Crippen molar-refractivity contribution in [1.82, 2.24) is 5.32 Å². The lowest BCUT2D eigenvalue weighted by Crippen LogP contribution is -2.28. The Morgan fingerprint density at radius 1 is 1.12 bits per heavy atom. The van der Waals surface area contributed by atoms with Gasteiger partial charge in [-0.15, -0.1) is 0 Å². The van der Waals surface area contributed by atoms with Gasteiger partial charge in [0.05, 0.1) is 5.56 Å². The number of carboxylic acid groups (broad SMARTS) is 1. The summed E-state index contributed by atoms with van der Waals surface area (Å²) in [6.07, 6.45) is 6.15. The molecule has 2 atom stereocenters. The summed E-state index contributed by atoms with van der Waals surface area (Å²) in [6, 6.07) is 14.4. The molecule has 0 amide bonds. The van der Waals surface area contributed by atoms with Crippen molar-refractivity contribution in [3.05, 3.63) is 82.2 Å². The van der Waals surface area contributed by atoms with Crippen LogP contribution in [0.4, 0.5) is 0 Å². The number of allylic oxidation sites excluding steroid dienone is 1. The molecule has 0 saturated carbocycles. The largest absolute Gasteiger partial charge is 0.478 e. The molecular formula is C23H25NO2. The van der Waals surface area contributed by atoms with E-state index in [1.165, 1.54) is 21.6 Å². The van der Waals surface area contributed by atoms with Gasteiger partial charge in [0, 0.05) is 12.1 Å². The van der Waals surface area contributed by atoms with Crippen LogP contribution in [-0.2, 0) is 0 Å². The summed E-state index contributed by atoms with van der Waals surface area (Å²) in [5, 5.41) is 15.2. The Hall–Kier alpha value is -2.65. The van der Waals surface area contributed by atoms with Gasteiger partial charge >= 0.3 is 5.97 Å². The highest BCUT2D eigenvalue weighted by atomic mass is 16.4. The Morgan fingerprint density at radius 2 is 1.73 bits per heavy atom. The minimum Gasteiger partial charge on any atom is -0.478 e. The lowest BCUT2D eigenvalue weighted by molar-refractivity contribution is 0.0697. The molecule has 2 unspecified atom stereocenters. The van der Waals surface area contributed by atoms with Gasteiger partial charge in [-0.25, -0.2) is 4.79 Å². The van der Waals surface area contributed by atoms with Crippen LogP contribution in [0.3, 0.4) is 0 Å². The minimum atomic E-state index is -0.885. The van der Waals surface area contributed by atoms with E-state index < -0.39 is 5.97 Å². The molecule has 1 saturated heterocycles. The molecule has 1 heterocycles. The number of carbonyl (C=O) groups is 1. The maximum absolute atomic E-state index is 11.0. The van der Waals surface area contributed by atoms with Gasteiger partial charge in [0.25, 0.3) is 0 Å². The molecule has 2 aromatic rings. The highest BCUT2D eigenvalue weighted by molar-refractivity contribution is 5.87. The third-order valence-corrected chi connectivity index (χ3v) is 5.23. The van der Waals surface area contributed by atoms with Crippen LogP contribution in [-0.4, -0.2) is 11.1 Å². The number of hydrogen-bond donors (Lipinski definition) is 2. The molecule has 3 heteroatoms. The van der Waals surface area contributed by atoms with E-state index in [1.807, 2.05) is 18.2 Å². The van der Waals surface area contributed by atoms with Crippen LogP contribution in [0, 0.1) is 0 Å². The molecule has 2 N–H and O–H groups in total. The van der Waals surface area contributed by atoms with Gasteiger partial charge in [-0.05, 0) is 72.0 Å². The zero-order chi connectivity index (χ0) is 18.7. The number of benzene rings is 2. The quantitative estimate of drug-likeness (QED) is 0.886. The first-order chi connectivity index (χ1) is 12.5. The number of aromatic carboxylic acids is 1. The summed E-state index contributed by atoms with van der Waals surface area (Å²) in [5.41, 5.74) is 3.95. The Balaban J connectivity index is 1.83. The highest BCUT2D eigenvalue weighted by Crippen LogP contribution is 2.34. The second kappa shape index (κ2) is 7.71. The summed E-state index contributed by atoms with van der Waals surface area (Å²) in [5.74, 6) is -0.885. The monoisotopic (exact) mass is 347 g/mol. The SMILES string of the molecule is C=C/C(C)=c1/ccc(C2CCC(c3ccc(C(=O)O)cc3)N2)c/c1=C\C. The Morgan fingerprint density at radius 3 is 2.31 bits per heavy atom. The van der Waals surface area contributed by atoms with Crippen molar-refractivity contribution >= 4 is 17.6 Å². The smallest absolute Gasteiger partial charge is 0.335 e. The van der Waals surface area contributed by atoms with Crippen molar-refractivity contribution in [3.63, 3.8) is 0 Å². The van der Waals surface area contributed by atoms with Crippen molar-refractivity contribution < 1.29 is 9.90 Å². The molecule has 0 spiro atoms. The zero-order valence-electron chi connectivity index (χ0n) is 15.3. The normalized spacial score (nSPS) is 21.5. The summed E-state index contributed by atoms with van der Waals surface area (Å²) >= 11 is 0. The van der Waals surface area contributed by atoms with E-state index in [9.17, 15) is 4.79 Å². The highest BCUT2D eigenvalue weighted by Gasteiger charge is 2.26. The average molecular weight is 347 g/mol. The molecule has 0 aliphatic carbocycles. The lowest BCUT2D eigenvalue weighted by atomic mass is 10.0. The Bertz CT molecular complexity index is 941. The predicted octanol–water partition coefficient (Wildman–Crippen LogP) is 3.71. The molecule has 0 bridgehead atoms. The van der Waals surface area contributed by atoms with Gasteiger partial charge in [0.2, 0.25) is 0 Å². The summed E-state index contributed by atoms with van der Waals surface area (Å²) in [7, 11) is 0. The minimum absolute atomic E-state index is 0.262. The molecule has 1 aliphatic heterocycles. The maximum Gasteiger partial charge on any atom is 0.335 e. The first-order valence-corrected chi connectivity index (χ1v) is 9.02. The van der Waals surface area contributed by atoms with Gasteiger partial charge in [-0.2, -0.15) is 0 Å². The van der Waals surface area contributed by atoms with Crippen molar-refractivity contribution in [2.24, 2.45) is 0 Å². The van der Waals surface area contributed by atoms with E-state index in [4.69, 9.17) is 5.11 Å². The fraction of sp³-hybridized carbons (Fsp3) is 0.261. The summed E-state index contributed by atoms with van der Waals surface area (Å²) in [6.45, 7) is 8.02. The van der Waals surface area contributed by atoms with E-state index in [0.717, 1.165) is 18.4 Å². The summed E-state index contributed by atoms with van der Waals surface area (Å²) < 4.78 is 0. The van der Waals surface area contributed by atoms with E-state index in [2.05, 4.69) is 50.0 Å². The van der Waals surface area contributed by atoms with Crippen LogP contribution in [0.5, 0.6) is 0 Å². The summed E-state index contributed by atoms with van der Waals surface area (Å²) in [4.78, 5) is 11.0. The molecule has 1 aliphatic rings. The fourth-order valence-corrected chi connectivity index (χ4v) is 3.63. The van der Waals surface area contributed by atoms with Gasteiger partial charge in [0.15, 0.2) is 0 Å². The predicted molar refractivity (Wildman–Crippen MR) is 106 cm³/mol. The van der Waals surface area contributed by atoms with Crippen LogP contribution in [0.15, 0.2) is 55.1 Å². The van der Waals surface area contributed by atoms with E-state index in [0.29, 0.717) is 11.6 Å². The standard InChI is InChI=1S/C23H25NO2/c1-4-15(3)20-11-10-19(14-16(20)5-2)22-13-12-21(24-22)17-6-8-18(9-7-17)23(25)26/h4-11,14,21-22,24H,1,12-13H2,2-3H3,(H,25,26)/b16-5+,20-15-. The van der Waals surface area contributed by atoms with E-state index >= 15 is 0 Å². The van der Waals surface area contributed by atoms with Gasteiger partial charge in [0.1, 0.15) is 0 Å². The molecular weight excluding hydrogens is 322 g/mol. The molecule has 1 fully saturated rings. The number of rotatable bonds is 4. The molecule has 3 rings (SSSR count). The topological polar surface area (TPSA) is 49.3 Å². The van der Waals surface area contributed by atoms with Crippen LogP contribution >= 0.6 is 0 Å². The van der Waals surface area contributed by atoms with E-state index in [-0.39, 0.29) is 6.04 Å². The third-order valence-electron chi connectivity index (χ3n) is 5.23. The number of nitrogens with one attached hydrogen (secondary N) is 1. The zero-order valence-corrected chi connectivity index (χ0v) is 15.3. The third kappa shape index (κ3) is 3.63. The van der Waals surface area contributed by atoms with Crippen molar-refractivity contribution in [2.75, 3.05) is 0 Å². The van der Waals surface area contributed by atoms with Crippen LogP contribution in [0.25, 0.3) is 11.6 Å². The second-order valence-electron chi connectivity index (χ2n) is 6.80. The molecule has 26 heavy (non-hydrogen) atoms. The number of hydrogen-bond acceptors (Lipinski definition) is 2. The van der Waals surface area contributed by atoms with Gasteiger partial charge in [-0.1, -0.05) is 43.0 Å². The molecule has 134 valence electrons.